The molecule has 8 heteroatoms. The maximum atomic E-state index is 13.4. The van der Waals surface area contributed by atoms with Crippen LogP contribution in [0.4, 0.5) is 0 Å². The Kier molecular flexibility index (Phi) is 5.81. The number of nitrogens with one attached hydrogen (secondary N) is 2. The summed E-state index contributed by atoms with van der Waals surface area (Å²) in [6.07, 6.45) is 0.366. The number of H-pyrrole nitrogens is 1. The molecule has 0 fully saturated rings. The van der Waals surface area contributed by atoms with Crippen LogP contribution in [0.3, 0.4) is 0 Å². The van der Waals surface area contributed by atoms with Crippen molar-refractivity contribution in [3.05, 3.63) is 70.5 Å². The Morgan fingerprint density at radius 2 is 1.87 bits per heavy atom. The third-order valence-electron chi connectivity index (χ3n) is 4.73. The van der Waals surface area contributed by atoms with Gasteiger partial charge in [0.05, 0.1) is 27.2 Å². The minimum atomic E-state index is -0.266. The summed E-state index contributed by atoms with van der Waals surface area (Å²) < 4.78 is 2.44. The molecule has 2 aromatic carbocycles. The summed E-state index contributed by atoms with van der Waals surface area (Å²) >= 11 is 1.43. The van der Waals surface area contributed by atoms with Crippen LogP contribution in [0.2, 0.25) is 0 Å². The molecule has 4 rings (SSSR count). The van der Waals surface area contributed by atoms with Crippen LogP contribution in [0, 0.1) is 5.92 Å². The fraction of sp³-hybridized carbons (Fsp3) is 0.217. The van der Waals surface area contributed by atoms with Crippen molar-refractivity contribution in [2.45, 2.75) is 27.2 Å². The molecular weight excluding hydrogens is 410 g/mol. The summed E-state index contributed by atoms with van der Waals surface area (Å²) in [5.74, 6) is 0.0385. The van der Waals surface area contributed by atoms with Gasteiger partial charge in [0.15, 0.2) is 0 Å². The number of aromatic nitrogens is 3. The van der Waals surface area contributed by atoms with Crippen molar-refractivity contribution in [2.24, 2.45) is 11.0 Å². The molecule has 2 N–H and O–H groups in total. The van der Waals surface area contributed by atoms with Gasteiger partial charge in [-0.25, -0.2) is 10.4 Å². The Bertz CT molecular complexity index is 1280. The molecule has 0 aliphatic rings. The zero-order valence-corrected chi connectivity index (χ0v) is 18.4. The Morgan fingerprint density at radius 1 is 1.16 bits per heavy atom. The summed E-state index contributed by atoms with van der Waals surface area (Å²) in [4.78, 5) is 30.0. The van der Waals surface area contributed by atoms with Gasteiger partial charge >= 0.3 is 0 Å². The van der Waals surface area contributed by atoms with Crippen molar-refractivity contribution in [1.82, 2.24) is 20.2 Å². The van der Waals surface area contributed by atoms with Gasteiger partial charge in [-0.15, -0.1) is 0 Å². The largest absolute Gasteiger partial charge is 0.288 e. The van der Waals surface area contributed by atoms with Gasteiger partial charge in [0.1, 0.15) is 0 Å². The van der Waals surface area contributed by atoms with E-state index in [1.807, 2.05) is 68.4 Å². The van der Waals surface area contributed by atoms with Gasteiger partial charge in [0.2, 0.25) is 11.0 Å². The second-order valence-electron chi connectivity index (χ2n) is 7.66. The van der Waals surface area contributed by atoms with Crippen molar-refractivity contribution in [2.75, 3.05) is 0 Å². The van der Waals surface area contributed by atoms with Gasteiger partial charge < -0.3 is 0 Å². The molecule has 0 spiro atoms. The van der Waals surface area contributed by atoms with Crippen molar-refractivity contribution in [1.29, 1.82) is 0 Å². The molecule has 0 aliphatic carbocycles. The first-order valence-electron chi connectivity index (χ1n) is 10.0. The van der Waals surface area contributed by atoms with Crippen molar-refractivity contribution >= 4 is 33.2 Å². The number of thiazole rings is 1. The summed E-state index contributed by atoms with van der Waals surface area (Å²) in [5.41, 5.74) is 5.43. The van der Waals surface area contributed by atoms with Crippen molar-refractivity contribution in [3.63, 3.8) is 0 Å². The lowest BCUT2D eigenvalue weighted by molar-refractivity contribution is -0.121. The van der Waals surface area contributed by atoms with E-state index in [0.717, 1.165) is 15.8 Å². The number of carbonyl (C=O) groups excluding carboxylic acids is 1. The molecule has 0 saturated carbocycles. The maximum absolute atomic E-state index is 13.4. The van der Waals surface area contributed by atoms with E-state index in [-0.39, 0.29) is 17.4 Å². The first-order chi connectivity index (χ1) is 14.9. The molecule has 0 atom stereocenters. The highest BCUT2D eigenvalue weighted by atomic mass is 32.1. The number of carbonyl (C=O) groups is 1. The van der Waals surface area contributed by atoms with E-state index in [4.69, 9.17) is 0 Å². The standard InChI is InChI=1S/C23H23N5O2S/c1-14(2)13-19(29)26-25-15(3)20-21(16-9-5-4-6-10-16)27-28(22(20)30)23-24-17-11-7-8-12-18(17)31-23/h4-12,14,27H,13H2,1-3H3,(H,26,29). The molecule has 7 nitrogen and oxygen atoms in total. The molecule has 158 valence electrons. The van der Waals surface area contributed by atoms with Crippen LogP contribution in [0.15, 0.2) is 64.5 Å². The zero-order valence-electron chi connectivity index (χ0n) is 17.5. The average molecular weight is 434 g/mol. The molecular formula is C23H23N5O2S. The Labute approximate surface area is 183 Å². The molecule has 31 heavy (non-hydrogen) atoms. The number of amides is 1. The monoisotopic (exact) mass is 433 g/mol. The number of hydrazone groups is 1. The normalized spacial score (nSPS) is 11.9. The van der Waals surface area contributed by atoms with Gasteiger partial charge in [0, 0.05) is 12.0 Å². The van der Waals surface area contributed by atoms with Crippen molar-refractivity contribution in [3.8, 4) is 16.4 Å². The van der Waals surface area contributed by atoms with Crippen LogP contribution in [-0.4, -0.2) is 26.4 Å². The van der Waals surface area contributed by atoms with Gasteiger partial charge in [0.25, 0.3) is 5.56 Å². The second kappa shape index (κ2) is 8.69. The van der Waals surface area contributed by atoms with Gasteiger partial charge in [-0.2, -0.15) is 9.78 Å². The van der Waals surface area contributed by atoms with Crippen LogP contribution < -0.4 is 11.0 Å². The van der Waals surface area contributed by atoms with Crippen LogP contribution in [0.25, 0.3) is 26.6 Å². The Balaban J connectivity index is 1.81. The highest BCUT2D eigenvalue weighted by Gasteiger charge is 2.21. The molecule has 0 aliphatic heterocycles. The molecule has 2 heterocycles. The lowest BCUT2D eigenvalue weighted by atomic mass is 10.1. The number of aromatic amines is 1. The first kappa shape index (κ1) is 20.7. The first-order valence-corrected chi connectivity index (χ1v) is 10.9. The van der Waals surface area contributed by atoms with E-state index in [1.165, 1.54) is 16.0 Å². The third kappa shape index (κ3) is 4.34. The quantitative estimate of drug-likeness (QED) is 0.350. The number of para-hydroxylation sites is 1. The van der Waals surface area contributed by atoms with Gasteiger partial charge in [-0.3, -0.25) is 14.7 Å². The van der Waals surface area contributed by atoms with Crippen LogP contribution >= 0.6 is 11.3 Å². The molecule has 0 bridgehead atoms. The minimum absolute atomic E-state index is 0.183. The lowest BCUT2D eigenvalue weighted by Gasteiger charge is -2.05. The summed E-state index contributed by atoms with van der Waals surface area (Å²) in [6, 6.07) is 17.3. The number of benzene rings is 2. The molecule has 0 unspecified atom stereocenters. The van der Waals surface area contributed by atoms with E-state index in [1.54, 1.807) is 6.92 Å². The summed E-state index contributed by atoms with van der Waals surface area (Å²) in [6.45, 7) is 5.65. The fourth-order valence-electron chi connectivity index (χ4n) is 3.30. The smallest absolute Gasteiger partial charge is 0.283 e. The van der Waals surface area contributed by atoms with E-state index in [2.05, 4.69) is 20.6 Å². The van der Waals surface area contributed by atoms with Crippen LogP contribution in [-0.2, 0) is 4.79 Å². The highest BCUT2D eigenvalue weighted by Crippen LogP contribution is 2.26. The van der Waals surface area contributed by atoms with Gasteiger partial charge in [-0.05, 0) is 25.0 Å². The van der Waals surface area contributed by atoms with E-state index in [9.17, 15) is 9.59 Å². The van der Waals surface area contributed by atoms with Gasteiger partial charge in [-0.1, -0.05) is 67.6 Å². The zero-order chi connectivity index (χ0) is 22.0. The average Bonchev–Trinajstić information content (AvgIpc) is 3.33. The minimum Gasteiger partial charge on any atom is -0.288 e. The number of nitrogens with zero attached hydrogens (tertiary/aromatic N) is 3. The maximum Gasteiger partial charge on any atom is 0.283 e. The number of hydrogen-bond donors (Lipinski definition) is 2. The Morgan fingerprint density at radius 3 is 2.58 bits per heavy atom. The third-order valence-corrected chi connectivity index (χ3v) is 5.75. The number of fused-ring (bicyclic) bond motifs is 1. The second-order valence-corrected chi connectivity index (χ2v) is 8.67. The molecule has 0 radical (unpaired) electrons. The summed E-state index contributed by atoms with van der Waals surface area (Å²) in [5, 5.41) is 7.96. The van der Waals surface area contributed by atoms with E-state index >= 15 is 0 Å². The van der Waals surface area contributed by atoms with Crippen LogP contribution in [0.1, 0.15) is 32.8 Å². The van der Waals surface area contributed by atoms with E-state index in [0.29, 0.717) is 28.5 Å². The lowest BCUT2D eigenvalue weighted by Crippen LogP contribution is -2.24. The Hall–Kier alpha value is -3.52. The predicted molar refractivity (Wildman–Crippen MR) is 125 cm³/mol. The topological polar surface area (TPSA) is 92.1 Å². The molecule has 0 saturated heterocycles. The molecule has 4 aromatic rings. The fourth-order valence-corrected chi connectivity index (χ4v) is 4.22. The summed E-state index contributed by atoms with van der Waals surface area (Å²) in [7, 11) is 0. The number of rotatable bonds is 6. The van der Waals surface area contributed by atoms with Crippen molar-refractivity contribution < 1.29 is 4.79 Å². The van der Waals surface area contributed by atoms with Crippen LogP contribution in [0.5, 0.6) is 0 Å². The SMILES string of the molecule is CC(=NNC(=O)CC(C)C)c1c(-c2ccccc2)[nH]n(-c2nc3ccccc3s2)c1=O. The number of hydrogen-bond acceptors (Lipinski definition) is 5. The predicted octanol–water partition coefficient (Wildman–Crippen LogP) is 4.33. The highest BCUT2D eigenvalue weighted by molar-refractivity contribution is 7.20. The van der Waals surface area contributed by atoms with E-state index < -0.39 is 0 Å². The molecule has 1 amide bonds. The molecule has 2 aromatic heterocycles.